The van der Waals surface area contributed by atoms with E-state index in [0.29, 0.717) is 11.4 Å². The summed E-state index contributed by atoms with van der Waals surface area (Å²) in [5, 5.41) is 5.14. The van der Waals surface area contributed by atoms with Crippen LogP contribution >= 0.6 is 22.7 Å². The predicted octanol–water partition coefficient (Wildman–Crippen LogP) is 3.23. The van der Waals surface area contributed by atoms with Crippen molar-refractivity contribution in [3.63, 3.8) is 0 Å². The summed E-state index contributed by atoms with van der Waals surface area (Å²) < 4.78 is 7.75. The van der Waals surface area contributed by atoms with Gasteiger partial charge in [0.05, 0.1) is 35.7 Å². The van der Waals surface area contributed by atoms with Crippen LogP contribution in [0.25, 0.3) is 11.3 Å². The number of hydrogen-bond acceptors (Lipinski definition) is 7. The topological polar surface area (TPSA) is 73.1 Å². The van der Waals surface area contributed by atoms with Gasteiger partial charge in [0.2, 0.25) is 0 Å². The van der Waals surface area contributed by atoms with Crippen molar-refractivity contribution >= 4 is 33.7 Å². The SMILES string of the molecule is Cc1ncsc1C(=O)N(C[C@H]1CCCO1)c1nc2c(s1)CCc1c-2cnn1C. The average molecular weight is 416 g/mol. The number of rotatable bonds is 4. The van der Waals surface area contributed by atoms with Gasteiger partial charge >= 0.3 is 0 Å². The minimum atomic E-state index is -0.0343. The third-order valence-corrected chi connectivity index (χ3v) is 7.47. The number of amides is 1. The van der Waals surface area contributed by atoms with Gasteiger partial charge in [-0.05, 0) is 32.6 Å². The number of aryl methyl sites for hydroxylation is 3. The normalized spacial score (nSPS) is 18.1. The van der Waals surface area contributed by atoms with Crippen molar-refractivity contribution in [1.82, 2.24) is 19.7 Å². The van der Waals surface area contributed by atoms with Gasteiger partial charge < -0.3 is 4.74 Å². The van der Waals surface area contributed by atoms with E-state index in [-0.39, 0.29) is 12.0 Å². The molecule has 0 radical (unpaired) electrons. The summed E-state index contributed by atoms with van der Waals surface area (Å²) in [7, 11) is 1.97. The van der Waals surface area contributed by atoms with Crippen LogP contribution in [-0.2, 0) is 24.6 Å². The van der Waals surface area contributed by atoms with Gasteiger partial charge in [-0.15, -0.1) is 22.7 Å². The van der Waals surface area contributed by atoms with Crippen molar-refractivity contribution in [2.45, 2.75) is 38.7 Å². The van der Waals surface area contributed by atoms with Crippen LogP contribution in [-0.4, -0.2) is 44.9 Å². The summed E-state index contributed by atoms with van der Waals surface area (Å²) in [6.07, 6.45) is 5.85. The van der Waals surface area contributed by atoms with Crippen molar-refractivity contribution in [2.75, 3.05) is 18.1 Å². The second kappa shape index (κ2) is 7.06. The Kier molecular flexibility index (Phi) is 4.53. The molecule has 0 saturated carbocycles. The Morgan fingerprint density at radius 2 is 2.32 bits per heavy atom. The highest BCUT2D eigenvalue weighted by Gasteiger charge is 2.31. The summed E-state index contributed by atoms with van der Waals surface area (Å²) >= 11 is 3.00. The molecular formula is C19H21N5O2S2. The van der Waals surface area contributed by atoms with E-state index in [1.54, 1.807) is 21.7 Å². The van der Waals surface area contributed by atoms with Gasteiger partial charge in [0.1, 0.15) is 4.88 Å². The molecule has 2 aliphatic rings. The van der Waals surface area contributed by atoms with Crippen LogP contribution in [0.5, 0.6) is 0 Å². The molecule has 0 N–H and O–H groups in total. The molecule has 9 heteroatoms. The molecule has 4 heterocycles. The van der Waals surface area contributed by atoms with E-state index >= 15 is 0 Å². The molecule has 0 unspecified atom stereocenters. The number of ether oxygens (including phenoxy) is 1. The van der Waals surface area contributed by atoms with E-state index in [4.69, 9.17) is 9.72 Å². The van der Waals surface area contributed by atoms with Crippen LogP contribution in [0.15, 0.2) is 11.7 Å². The lowest BCUT2D eigenvalue weighted by Gasteiger charge is -2.22. The van der Waals surface area contributed by atoms with Crippen LogP contribution in [0.1, 0.15) is 38.8 Å². The number of fused-ring (bicyclic) bond motifs is 3. The molecule has 1 fully saturated rings. The highest BCUT2D eigenvalue weighted by atomic mass is 32.1. The molecule has 146 valence electrons. The number of thiazole rings is 2. The fourth-order valence-electron chi connectivity index (χ4n) is 3.89. The first-order valence-electron chi connectivity index (χ1n) is 9.46. The van der Waals surface area contributed by atoms with Gasteiger partial charge in [0.15, 0.2) is 5.13 Å². The fraction of sp³-hybridized carbons (Fsp3) is 0.474. The lowest BCUT2D eigenvalue weighted by atomic mass is 10.0. The summed E-state index contributed by atoms with van der Waals surface area (Å²) in [6, 6.07) is 0. The third kappa shape index (κ3) is 2.98. The number of carbonyl (C=O) groups excluding carboxylic acids is 1. The zero-order chi connectivity index (χ0) is 19.3. The molecule has 0 spiro atoms. The molecule has 1 saturated heterocycles. The molecule has 5 rings (SSSR count). The van der Waals surface area contributed by atoms with Crippen molar-refractivity contribution < 1.29 is 9.53 Å². The molecule has 1 aliphatic heterocycles. The lowest BCUT2D eigenvalue weighted by molar-refractivity contribution is 0.0920. The molecule has 0 aromatic carbocycles. The van der Waals surface area contributed by atoms with E-state index in [1.165, 1.54) is 21.9 Å². The van der Waals surface area contributed by atoms with Gasteiger partial charge in [-0.3, -0.25) is 14.4 Å². The Labute approximate surface area is 171 Å². The molecule has 3 aromatic heterocycles. The van der Waals surface area contributed by atoms with Crippen LogP contribution in [0.4, 0.5) is 5.13 Å². The van der Waals surface area contributed by atoms with Crippen LogP contribution in [0.2, 0.25) is 0 Å². The zero-order valence-corrected chi connectivity index (χ0v) is 17.5. The summed E-state index contributed by atoms with van der Waals surface area (Å²) in [6.45, 7) is 3.17. The smallest absolute Gasteiger partial charge is 0.272 e. The molecule has 1 amide bonds. The van der Waals surface area contributed by atoms with Gasteiger partial charge in [-0.1, -0.05) is 0 Å². The van der Waals surface area contributed by atoms with Crippen molar-refractivity contribution in [3.05, 3.63) is 32.8 Å². The first-order chi connectivity index (χ1) is 13.6. The summed E-state index contributed by atoms with van der Waals surface area (Å²) in [4.78, 5) is 26.2. The first kappa shape index (κ1) is 18.0. The van der Waals surface area contributed by atoms with E-state index in [1.807, 2.05) is 24.9 Å². The monoisotopic (exact) mass is 415 g/mol. The number of aromatic nitrogens is 4. The molecule has 1 atom stereocenters. The Bertz CT molecular complexity index is 1030. The molecule has 7 nitrogen and oxygen atoms in total. The number of nitrogens with zero attached hydrogens (tertiary/aromatic N) is 5. The maximum atomic E-state index is 13.4. The molecule has 1 aliphatic carbocycles. The van der Waals surface area contributed by atoms with E-state index in [2.05, 4.69) is 10.1 Å². The predicted molar refractivity (Wildman–Crippen MR) is 109 cm³/mol. The van der Waals surface area contributed by atoms with E-state index in [9.17, 15) is 4.79 Å². The highest BCUT2D eigenvalue weighted by Crippen LogP contribution is 2.40. The van der Waals surface area contributed by atoms with Gasteiger partial charge in [0, 0.05) is 29.8 Å². The molecule has 28 heavy (non-hydrogen) atoms. The molecule has 0 bridgehead atoms. The van der Waals surface area contributed by atoms with Crippen LogP contribution in [0, 0.1) is 6.92 Å². The quantitative estimate of drug-likeness (QED) is 0.654. The number of anilines is 1. The largest absolute Gasteiger partial charge is 0.376 e. The maximum absolute atomic E-state index is 13.4. The second-order valence-corrected chi connectivity index (χ2v) is 9.13. The van der Waals surface area contributed by atoms with Gasteiger partial charge in [0.25, 0.3) is 5.91 Å². The lowest BCUT2D eigenvalue weighted by Crippen LogP contribution is -2.37. The third-order valence-electron chi connectivity index (χ3n) is 5.42. The van der Waals surface area contributed by atoms with E-state index in [0.717, 1.165) is 54.4 Å². The number of carbonyl (C=O) groups is 1. The van der Waals surface area contributed by atoms with Crippen molar-refractivity contribution in [2.24, 2.45) is 7.05 Å². The molecule has 3 aromatic rings. The molecular weight excluding hydrogens is 394 g/mol. The highest BCUT2D eigenvalue weighted by molar-refractivity contribution is 7.16. The zero-order valence-electron chi connectivity index (χ0n) is 15.8. The van der Waals surface area contributed by atoms with Crippen molar-refractivity contribution in [3.8, 4) is 11.3 Å². The summed E-state index contributed by atoms with van der Waals surface area (Å²) in [5.74, 6) is -0.0343. The maximum Gasteiger partial charge on any atom is 0.272 e. The Morgan fingerprint density at radius 3 is 3.07 bits per heavy atom. The van der Waals surface area contributed by atoms with Crippen LogP contribution in [0.3, 0.4) is 0 Å². The Hall–Kier alpha value is -2.10. The second-order valence-electron chi connectivity index (χ2n) is 7.21. The average Bonchev–Trinajstić information content (AvgIpc) is 3.46. The Morgan fingerprint density at radius 1 is 1.43 bits per heavy atom. The minimum absolute atomic E-state index is 0.0343. The van der Waals surface area contributed by atoms with E-state index < -0.39 is 0 Å². The minimum Gasteiger partial charge on any atom is -0.376 e. The Balaban J connectivity index is 1.53. The summed E-state index contributed by atoms with van der Waals surface area (Å²) in [5.41, 5.74) is 5.76. The standard InChI is InChI=1S/C19H21N5O2S2/c1-11-17(27-10-20-11)18(25)24(9-12-4-3-7-26-12)19-22-16-13-8-21-23(2)14(13)5-6-15(16)28-19/h8,10,12H,3-7,9H2,1-2H3/t12-/m1/s1. The van der Waals surface area contributed by atoms with Crippen molar-refractivity contribution in [1.29, 1.82) is 0 Å². The first-order valence-corrected chi connectivity index (χ1v) is 11.2. The fourth-order valence-corrected chi connectivity index (χ4v) is 5.73. The van der Waals surface area contributed by atoms with Gasteiger partial charge in [-0.2, -0.15) is 5.10 Å². The van der Waals surface area contributed by atoms with Gasteiger partial charge in [-0.25, -0.2) is 9.97 Å². The number of hydrogen-bond donors (Lipinski definition) is 0. The van der Waals surface area contributed by atoms with Crippen LogP contribution < -0.4 is 4.90 Å².